The fraction of sp³-hybridized carbons (Fsp3) is 0.700. The van der Waals surface area contributed by atoms with Crippen LogP contribution in [0.2, 0.25) is 0 Å². The van der Waals surface area contributed by atoms with Gasteiger partial charge in [0, 0.05) is 12.6 Å². The lowest BCUT2D eigenvalue weighted by Crippen LogP contribution is -2.48. The minimum Gasteiger partial charge on any atom is -0.379 e. The monoisotopic (exact) mass is 196 g/mol. The highest BCUT2D eigenvalue weighted by Crippen LogP contribution is 2.04. The summed E-state index contributed by atoms with van der Waals surface area (Å²) in [6.45, 7) is 4.97. The summed E-state index contributed by atoms with van der Waals surface area (Å²) in [5.74, 6) is 2.35. The van der Waals surface area contributed by atoms with Gasteiger partial charge in [0.05, 0.1) is 26.3 Å². The Kier molecular flexibility index (Phi) is 4.44. The molecule has 0 spiro atoms. The highest BCUT2D eigenvalue weighted by Gasteiger charge is 2.20. The quantitative estimate of drug-likeness (QED) is 0.616. The standard InChI is InChI=1S/C10H16N2O2/c1-3-4-11-10(13)7-12-5-6-14-8-9(12)2/h1,9H,4-8H2,2H3,(H,11,13). The summed E-state index contributed by atoms with van der Waals surface area (Å²) in [5, 5.41) is 2.64. The van der Waals surface area contributed by atoms with E-state index in [4.69, 9.17) is 11.2 Å². The van der Waals surface area contributed by atoms with Gasteiger partial charge in [-0.25, -0.2) is 0 Å². The van der Waals surface area contributed by atoms with Gasteiger partial charge in [0.25, 0.3) is 0 Å². The maximum atomic E-state index is 11.3. The maximum Gasteiger partial charge on any atom is 0.234 e. The van der Waals surface area contributed by atoms with Gasteiger partial charge < -0.3 is 10.1 Å². The summed E-state index contributed by atoms with van der Waals surface area (Å²) < 4.78 is 5.27. The fourth-order valence-corrected chi connectivity index (χ4v) is 1.39. The van der Waals surface area contributed by atoms with E-state index >= 15 is 0 Å². The van der Waals surface area contributed by atoms with Crippen LogP contribution in [0, 0.1) is 12.3 Å². The van der Waals surface area contributed by atoms with Gasteiger partial charge in [-0.2, -0.15) is 0 Å². The number of morpholine rings is 1. The van der Waals surface area contributed by atoms with Crippen molar-refractivity contribution in [3.8, 4) is 12.3 Å². The van der Waals surface area contributed by atoms with Crippen molar-refractivity contribution in [2.75, 3.05) is 32.8 Å². The van der Waals surface area contributed by atoms with Crippen LogP contribution in [0.4, 0.5) is 0 Å². The molecule has 1 atom stereocenters. The van der Waals surface area contributed by atoms with Crippen molar-refractivity contribution in [2.45, 2.75) is 13.0 Å². The van der Waals surface area contributed by atoms with E-state index in [0.717, 1.165) is 6.54 Å². The van der Waals surface area contributed by atoms with Gasteiger partial charge in [-0.05, 0) is 6.92 Å². The number of carbonyl (C=O) groups is 1. The van der Waals surface area contributed by atoms with Crippen molar-refractivity contribution in [1.29, 1.82) is 0 Å². The van der Waals surface area contributed by atoms with Gasteiger partial charge in [0.15, 0.2) is 0 Å². The molecule has 1 N–H and O–H groups in total. The van der Waals surface area contributed by atoms with Crippen molar-refractivity contribution in [2.24, 2.45) is 0 Å². The fourth-order valence-electron chi connectivity index (χ4n) is 1.39. The van der Waals surface area contributed by atoms with E-state index in [0.29, 0.717) is 32.3 Å². The van der Waals surface area contributed by atoms with Crippen LogP contribution in [0.25, 0.3) is 0 Å². The van der Waals surface area contributed by atoms with E-state index in [9.17, 15) is 4.79 Å². The lowest BCUT2D eigenvalue weighted by atomic mass is 10.2. The van der Waals surface area contributed by atoms with Crippen molar-refractivity contribution in [3.63, 3.8) is 0 Å². The molecule has 4 heteroatoms. The molecule has 0 radical (unpaired) electrons. The van der Waals surface area contributed by atoms with Crippen LogP contribution < -0.4 is 5.32 Å². The second-order valence-corrected chi connectivity index (χ2v) is 3.38. The average Bonchev–Trinajstić information content (AvgIpc) is 2.18. The van der Waals surface area contributed by atoms with Gasteiger partial charge >= 0.3 is 0 Å². The van der Waals surface area contributed by atoms with Crippen molar-refractivity contribution in [3.05, 3.63) is 0 Å². The summed E-state index contributed by atoms with van der Waals surface area (Å²) >= 11 is 0. The van der Waals surface area contributed by atoms with Crippen LogP contribution in [-0.4, -0.2) is 49.7 Å². The number of carbonyl (C=O) groups excluding carboxylic acids is 1. The van der Waals surface area contributed by atoms with Crippen LogP contribution in [0.1, 0.15) is 6.92 Å². The molecule has 4 nitrogen and oxygen atoms in total. The van der Waals surface area contributed by atoms with E-state index in [2.05, 4.69) is 16.1 Å². The number of amides is 1. The highest BCUT2D eigenvalue weighted by molar-refractivity contribution is 5.78. The molecule has 1 fully saturated rings. The number of terminal acetylenes is 1. The van der Waals surface area contributed by atoms with Gasteiger partial charge in [-0.1, -0.05) is 5.92 Å². The largest absolute Gasteiger partial charge is 0.379 e. The number of hydrogen-bond acceptors (Lipinski definition) is 3. The average molecular weight is 196 g/mol. The summed E-state index contributed by atoms with van der Waals surface area (Å²) in [7, 11) is 0. The molecule has 0 aromatic heterocycles. The molecule has 14 heavy (non-hydrogen) atoms. The van der Waals surface area contributed by atoms with Gasteiger partial charge in [-0.15, -0.1) is 6.42 Å². The van der Waals surface area contributed by atoms with Crippen LogP contribution in [0.5, 0.6) is 0 Å². The summed E-state index contributed by atoms with van der Waals surface area (Å²) in [6.07, 6.45) is 5.04. The second kappa shape index (κ2) is 5.63. The van der Waals surface area contributed by atoms with Crippen LogP contribution >= 0.6 is 0 Å². The van der Waals surface area contributed by atoms with E-state index < -0.39 is 0 Å². The molecule has 0 aliphatic carbocycles. The van der Waals surface area contributed by atoms with E-state index in [1.54, 1.807) is 0 Å². The third kappa shape index (κ3) is 3.36. The Morgan fingerprint density at radius 1 is 1.79 bits per heavy atom. The number of nitrogens with one attached hydrogen (secondary N) is 1. The highest BCUT2D eigenvalue weighted by atomic mass is 16.5. The van der Waals surface area contributed by atoms with E-state index in [1.807, 2.05) is 6.92 Å². The van der Waals surface area contributed by atoms with Crippen molar-refractivity contribution >= 4 is 5.91 Å². The maximum absolute atomic E-state index is 11.3. The molecular weight excluding hydrogens is 180 g/mol. The summed E-state index contributed by atoms with van der Waals surface area (Å²) in [5.41, 5.74) is 0. The lowest BCUT2D eigenvalue weighted by molar-refractivity contribution is -0.124. The lowest BCUT2D eigenvalue weighted by Gasteiger charge is -2.32. The SMILES string of the molecule is C#CCNC(=O)CN1CCOCC1C. The third-order valence-electron chi connectivity index (χ3n) is 2.24. The van der Waals surface area contributed by atoms with E-state index in [1.165, 1.54) is 0 Å². The minimum atomic E-state index is -0.0169. The molecule has 0 bridgehead atoms. The molecule has 1 aliphatic heterocycles. The Morgan fingerprint density at radius 3 is 3.21 bits per heavy atom. The molecule has 0 aromatic carbocycles. The summed E-state index contributed by atoms with van der Waals surface area (Å²) in [6, 6.07) is 0.306. The number of hydrogen-bond donors (Lipinski definition) is 1. The molecule has 1 unspecified atom stereocenters. The van der Waals surface area contributed by atoms with Gasteiger partial charge in [0.1, 0.15) is 0 Å². The van der Waals surface area contributed by atoms with Crippen molar-refractivity contribution < 1.29 is 9.53 Å². The molecule has 0 aromatic rings. The van der Waals surface area contributed by atoms with Gasteiger partial charge in [0.2, 0.25) is 5.91 Å². The molecule has 1 rings (SSSR count). The first-order valence-electron chi connectivity index (χ1n) is 4.76. The smallest absolute Gasteiger partial charge is 0.234 e. The zero-order chi connectivity index (χ0) is 10.4. The van der Waals surface area contributed by atoms with Crippen LogP contribution in [0.15, 0.2) is 0 Å². The minimum absolute atomic E-state index is 0.0169. The zero-order valence-electron chi connectivity index (χ0n) is 8.45. The normalized spacial score (nSPS) is 22.7. The topological polar surface area (TPSA) is 41.6 Å². The van der Waals surface area contributed by atoms with Crippen LogP contribution in [0.3, 0.4) is 0 Å². The first-order valence-corrected chi connectivity index (χ1v) is 4.76. The van der Waals surface area contributed by atoms with Crippen LogP contribution in [-0.2, 0) is 9.53 Å². The van der Waals surface area contributed by atoms with E-state index in [-0.39, 0.29) is 5.91 Å². The predicted octanol–water partition coefficient (Wildman–Crippen LogP) is -0.543. The molecular formula is C10H16N2O2. The molecule has 1 saturated heterocycles. The Labute approximate surface area is 84.6 Å². The third-order valence-corrected chi connectivity index (χ3v) is 2.24. The first-order chi connectivity index (χ1) is 6.74. The number of ether oxygens (including phenoxy) is 1. The molecule has 1 aliphatic rings. The Hall–Kier alpha value is -1.05. The Balaban J connectivity index is 2.28. The van der Waals surface area contributed by atoms with Gasteiger partial charge in [-0.3, -0.25) is 9.69 Å². The number of nitrogens with zero attached hydrogens (tertiary/aromatic N) is 1. The predicted molar refractivity (Wildman–Crippen MR) is 53.7 cm³/mol. The molecule has 1 heterocycles. The second-order valence-electron chi connectivity index (χ2n) is 3.38. The first kappa shape index (κ1) is 11.0. The molecule has 78 valence electrons. The zero-order valence-corrected chi connectivity index (χ0v) is 8.45. The van der Waals surface area contributed by atoms with Crippen molar-refractivity contribution in [1.82, 2.24) is 10.2 Å². The summed E-state index contributed by atoms with van der Waals surface area (Å²) in [4.78, 5) is 13.4. The molecule has 0 saturated carbocycles. The number of rotatable bonds is 3. The molecule has 1 amide bonds. The Bertz CT molecular complexity index is 235. The Morgan fingerprint density at radius 2 is 2.57 bits per heavy atom.